The number of amides is 2. The highest BCUT2D eigenvalue weighted by molar-refractivity contribution is 6.30. The average molecular weight is 558 g/mol. The second-order valence-electron chi connectivity index (χ2n) is 9.18. The highest BCUT2D eigenvalue weighted by atomic mass is 35.5. The Labute approximate surface area is 233 Å². The van der Waals surface area contributed by atoms with Gasteiger partial charge < -0.3 is 15.7 Å². The largest absolute Gasteiger partial charge is 0.478 e. The van der Waals surface area contributed by atoms with Gasteiger partial charge in [0.05, 0.1) is 23.0 Å². The molecule has 40 heavy (non-hydrogen) atoms. The number of hydrogen-bond donors (Lipinski definition) is 3. The van der Waals surface area contributed by atoms with Crippen LogP contribution in [0.5, 0.6) is 0 Å². The molecule has 2 aromatic carbocycles. The van der Waals surface area contributed by atoms with E-state index < -0.39 is 12.0 Å². The molecule has 2 bridgehead atoms. The van der Waals surface area contributed by atoms with Gasteiger partial charge in [0, 0.05) is 40.5 Å². The number of aromatic carboxylic acids is 1. The van der Waals surface area contributed by atoms with Crippen LogP contribution in [0, 0.1) is 0 Å². The van der Waals surface area contributed by atoms with Gasteiger partial charge in [0.1, 0.15) is 6.33 Å². The first-order valence-corrected chi connectivity index (χ1v) is 12.9. The molecule has 12 heteroatoms. The number of fused-ring (bicyclic) bond motifs is 4. The second kappa shape index (κ2) is 11.9. The molecule has 3 N–H and O–H groups in total. The number of hydrogen-bond acceptors (Lipinski definition) is 7. The number of carbonyl (C=O) groups excluding carboxylic acids is 2. The van der Waals surface area contributed by atoms with Crippen LogP contribution in [-0.2, 0) is 9.59 Å². The normalized spacial score (nSPS) is 15.4. The molecule has 4 aromatic rings. The van der Waals surface area contributed by atoms with Crippen molar-refractivity contribution in [1.29, 1.82) is 0 Å². The summed E-state index contributed by atoms with van der Waals surface area (Å²) in [4.78, 5) is 41.7. The molecule has 2 amide bonds. The van der Waals surface area contributed by atoms with Gasteiger partial charge in [-0.05, 0) is 77.4 Å². The van der Waals surface area contributed by atoms with E-state index in [1.54, 1.807) is 42.6 Å². The average Bonchev–Trinajstić information content (AvgIpc) is 3.48. The highest BCUT2D eigenvalue weighted by Crippen LogP contribution is 2.32. The summed E-state index contributed by atoms with van der Waals surface area (Å²) >= 11 is 6.18. The van der Waals surface area contributed by atoms with E-state index in [1.165, 1.54) is 29.2 Å². The zero-order valence-corrected chi connectivity index (χ0v) is 21.9. The Bertz CT molecular complexity index is 1600. The molecule has 0 fully saturated rings. The highest BCUT2D eigenvalue weighted by Gasteiger charge is 2.19. The van der Waals surface area contributed by atoms with E-state index in [0.29, 0.717) is 52.5 Å². The van der Waals surface area contributed by atoms with Crippen molar-refractivity contribution < 1.29 is 19.5 Å². The molecule has 5 rings (SSSR count). The Morgan fingerprint density at radius 1 is 1.12 bits per heavy atom. The quantitative estimate of drug-likeness (QED) is 0.304. The van der Waals surface area contributed by atoms with Crippen molar-refractivity contribution in [3.8, 4) is 16.8 Å². The Morgan fingerprint density at radius 2 is 2.00 bits per heavy atom. The number of nitrogens with one attached hydrogen (secondary N) is 2. The fraction of sp³-hybridized carbons (Fsp3) is 0.179. The Kier molecular flexibility index (Phi) is 7.92. The summed E-state index contributed by atoms with van der Waals surface area (Å²) in [6.07, 6.45) is 8.20. The summed E-state index contributed by atoms with van der Waals surface area (Å²) in [5, 5.41) is 27.0. The lowest BCUT2D eigenvalue weighted by atomic mass is 9.97. The van der Waals surface area contributed by atoms with Gasteiger partial charge in [0.2, 0.25) is 11.8 Å². The van der Waals surface area contributed by atoms with Crippen molar-refractivity contribution in [3.05, 3.63) is 89.0 Å². The summed E-state index contributed by atoms with van der Waals surface area (Å²) in [5.74, 6) is -1.63. The lowest BCUT2D eigenvalue weighted by molar-refractivity contribution is -0.118. The topological polar surface area (TPSA) is 152 Å². The fourth-order valence-corrected chi connectivity index (χ4v) is 4.68. The predicted octanol–water partition coefficient (Wildman–Crippen LogP) is 4.46. The minimum absolute atomic E-state index is 0.0697. The molecule has 11 nitrogen and oxygen atoms in total. The summed E-state index contributed by atoms with van der Waals surface area (Å²) in [7, 11) is 0. The van der Waals surface area contributed by atoms with Crippen molar-refractivity contribution in [3.63, 3.8) is 0 Å². The number of anilines is 1. The third kappa shape index (κ3) is 6.21. The third-order valence-corrected chi connectivity index (χ3v) is 6.69. The van der Waals surface area contributed by atoms with Gasteiger partial charge in [-0.25, -0.2) is 4.79 Å². The third-order valence-electron chi connectivity index (χ3n) is 6.45. The Hall–Kier alpha value is -4.90. The smallest absolute Gasteiger partial charge is 0.335 e. The fourth-order valence-electron chi connectivity index (χ4n) is 4.50. The number of rotatable bonds is 5. The van der Waals surface area contributed by atoms with Gasteiger partial charge in [-0.3, -0.25) is 14.6 Å². The van der Waals surface area contributed by atoms with Crippen molar-refractivity contribution >= 4 is 41.1 Å². The number of aromatic nitrogens is 5. The van der Waals surface area contributed by atoms with Gasteiger partial charge in [-0.2, -0.15) is 4.68 Å². The molecule has 0 saturated heterocycles. The number of halogens is 1. The van der Waals surface area contributed by atoms with Gasteiger partial charge in [0.15, 0.2) is 0 Å². The van der Waals surface area contributed by atoms with Gasteiger partial charge >= 0.3 is 5.97 Å². The van der Waals surface area contributed by atoms with Gasteiger partial charge in [0.25, 0.3) is 0 Å². The number of carbonyl (C=O) groups is 3. The number of pyridine rings is 1. The first-order valence-electron chi connectivity index (χ1n) is 12.5. The van der Waals surface area contributed by atoms with Crippen LogP contribution in [-0.4, -0.2) is 48.1 Å². The Morgan fingerprint density at radius 3 is 2.80 bits per heavy atom. The first-order chi connectivity index (χ1) is 19.4. The summed E-state index contributed by atoms with van der Waals surface area (Å²) in [6.45, 7) is 0. The van der Waals surface area contributed by atoms with Crippen molar-refractivity contribution in [2.75, 3.05) is 5.32 Å². The number of benzene rings is 2. The SMILES string of the molecule is O=C(/C=C/c1cc(Cl)ccc1-n1cnnn1)N[C@H]1CCCCC(=O)Nc2cc(C(=O)O)ccc2-c2ccnc1c2. The molecule has 1 aliphatic heterocycles. The zero-order chi connectivity index (χ0) is 28.1. The van der Waals surface area contributed by atoms with E-state index in [9.17, 15) is 19.5 Å². The molecule has 202 valence electrons. The van der Waals surface area contributed by atoms with Crippen LogP contribution in [0.15, 0.2) is 67.1 Å². The number of carboxylic acids is 1. The van der Waals surface area contributed by atoms with E-state index in [-0.39, 0.29) is 23.8 Å². The molecule has 0 aliphatic carbocycles. The zero-order valence-electron chi connectivity index (χ0n) is 21.1. The molecule has 0 spiro atoms. The minimum atomic E-state index is -1.09. The van der Waals surface area contributed by atoms with Crippen LogP contribution in [0.1, 0.15) is 53.3 Å². The second-order valence-corrected chi connectivity index (χ2v) is 9.62. The van der Waals surface area contributed by atoms with Crippen molar-refractivity contribution in [1.82, 2.24) is 30.5 Å². The van der Waals surface area contributed by atoms with Crippen LogP contribution < -0.4 is 10.6 Å². The molecular formula is C28H24ClN7O4. The van der Waals surface area contributed by atoms with Crippen molar-refractivity contribution in [2.24, 2.45) is 0 Å². The molecule has 0 radical (unpaired) electrons. The van der Waals surface area contributed by atoms with Crippen LogP contribution in [0.3, 0.4) is 0 Å². The Balaban J connectivity index is 1.43. The standard InChI is InChI=1S/C28H24ClN7O4/c29-20-7-9-25(36-16-31-34-35-36)18(13-20)6-10-27(38)32-22-3-1-2-4-26(37)33-23-15-19(28(39)40)5-8-21(23)17-11-12-30-24(22)14-17/h5-16,22H,1-4H2,(H,32,38)(H,33,37)(H,39,40)/b10-6+/t22-/m0/s1. The molecule has 0 saturated carbocycles. The van der Waals surface area contributed by atoms with Crippen LogP contribution in [0.25, 0.3) is 22.9 Å². The first kappa shape index (κ1) is 26.7. The van der Waals surface area contributed by atoms with Crippen LogP contribution >= 0.6 is 11.6 Å². The summed E-state index contributed by atoms with van der Waals surface area (Å²) in [6, 6.07) is 13.0. The van der Waals surface area contributed by atoms with Gasteiger partial charge in [-0.15, -0.1) is 5.10 Å². The molecule has 3 heterocycles. The number of nitrogens with zero attached hydrogens (tertiary/aromatic N) is 5. The van der Waals surface area contributed by atoms with E-state index in [4.69, 9.17) is 11.6 Å². The monoisotopic (exact) mass is 557 g/mol. The minimum Gasteiger partial charge on any atom is -0.478 e. The lowest BCUT2D eigenvalue weighted by Crippen LogP contribution is -2.27. The summed E-state index contributed by atoms with van der Waals surface area (Å²) < 4.78 is 1.48. The molecular weight excluding hydrogens is 534 g/mol. The van der Waals surface area contributed by atoms with E-state index >= 15 is 0 Å². The van der Waals surface area contributed by atoms with E-state index in [2.05, 4.69) is 31.1 Å². The van der Waals surface area contributed by atoms with Crippen LogP contribution in [0.2, 0.25) is 5.02 Å². The maximum absolute atomic E-state index is 13.1. The van der Waals surface area contributed by atoms with Gasteiger partial charge in [-0.1, -0.05) is 24.1 Å². The molecule has 1 atom stereocenters. The maximum Gasteiger partial charge on any atom is 0.335 e. The molecule has 2 aromatic heterocycles. The van der Waals surface area contributed by atoms with Crippen LogP contribution in [0.4, 0.5) is 5.69 Å². The lowest BCUT2D eigenvalue weighted by Gasteiger charge is -2.20. The number of carboxylic acid groups (broad SMARTS) is 1. The van der Waals surface area contributed by atoms with E-state index in [1.807, 2.05) is 6.07 Å². The van der Waals surface area contributed by atoms with E-state index in [0.717, 1.165) is 5.56 Å². The number of tetrazole rings is 1. The molecule has 1 aliphatic rings. The molecule has 0 unspecified atom stereocenters. The summed E-state index contributed by atoms with van der Waals surface area (Å²) in [5.41, 5.74) is 3.82. The van der Waals surface area contributed by atoms with Crippen molar-refractivity contribution in [2.45, 2.75) is 31.7 Å². The predicted molar refractivity (Wildman–Crippen MR) is 148 cm³/mol. The maximum atomic E-state index is 13.1.